The van der Waals surface area contributed by atoms with Crippen molar-refractivity contribution in [2.24, 2.45) is 5.92 Å². The van der Waals surface area contributed by atoms with Gasteiger partial charge in [-0.3, -0.25) is 9.59 Å². The zero-order chi connectivity index (χ0) is 17.1. The predicted octanol–water partition coefficient (Wildman–Crippen LogP) is 3.61. The van der Waals surface area contributed by atoms with E-state index >= 15 is 0 Å². The Kier molecular flexibility index (Phi) is 4.65. The molecule has 4 heteroatoms. The van der Waals surface area contributed by atoms with Crippen LogP contribution in [0.25, 0.3) is 0 Å². The highest BCUT2D eigenvalue weighted by Crippen LogP contribution is 2.35. The molecule has 1 heterocycles. The lowest BCUT2D eigenvalue weighted by Gasteiger charge is -2.25. The molecule has 1 aliphatic rings. The average molecular weight is 322 g/mol. The number of amides is 2. The van der Waals surface area contributed by atoms with Gasteiger partial charge in [-0.15, -0.1) is 0 Å². The first-order chi connectivity index (χ1) is 11.6. The molecule has 0 aromatic heterocycles. The second-order valence-corrected chi connectivity index (χ2v) is 6.16. The lowest BCUT2D eigenvalue weighted by molar-refractivity contribution is -0.122. The minimum atomic E-state index is -0.239. The summed E-state index contributed by atoms with van der Waals surface area (Å²) in [6.07, 6.45) is 0.425. The summed E-state index contributed by atoms with van der Waals surface area (Å²) in [6.45, 7) is 4.68. The summed E-state index contributed by atoms with van der Waals surface area (Å²) >= 11 is 0. The van der Waals surface area contributed by atoms with E-state index in [2.05, 4.69) is 0 Å². The van der Waals surface area contributed by atoms with Gasteiger partial charge >= 0.3 is 0 Å². The van der Waals surface area contributed by atoms with Gasteiger partial charge in [-0.2, -0.15) is 0 Å². The summed E-state index contributed by atoms with van der Waals surface area (Å²) in [6, 6.07) is 17.6. The molecule has 1 unspecified atom stereocenters. The van der Waals surface area contributed by atoms with Crippen molar-refractivity contribution in [3.63, 3.8) is 0 Å². The maximum Gasteiger partial charge on any atom is 0.231 e. The molecule has 0 radical (unpaired) electrons. The van der Waals surface area contributed by atoms with Crippen molar-refractivity contribution in [2.75, 3.05) is 16.3 Å². The van der Waals surface area contributed by atoms with Gasteiger partial charge in [0.05, 0.1) is 23.8 Å². The van der Waals surface area contributed by atoms with Crippen LogP contribution in [0.4, 0.5) is 11.4 Å². The molecular formula is C20H22N2O2. The van der Waals surface area contributed by atoms with E-state index in [4.69, 9.17) is 0 Å². The minimum absolute atomic E-state index is 0.0451. The number of carbonyl (C=O) groups excluding carboxylic acids is 2. The molecule has 3 rings (SSSR count). The van der Waals surface area contributed by atoms with Crippen molar-refractivity contribution in [3.8, 4) is 0 Å². The third kappa shape index (κ3) is 3.04. The Morgan fingerprint density at radius 1 is 1.04 bits per heavy atom. The Balaban J connectivity index is 2.06. The minimum Gasteiger partial charge on any atom is -0.310 e. The van der Waals surface area contributed by atoms with Gasteiger partial charge in [-0.25, -0.2) is 0 Å². The Morgan fingerprint density at radius 2 is 1.67 bits per heavy atom. The number of anilines is 2. The fourth-order valence-electron chi connectivity index (χ4n) is 3.11. The van der Waals surface area contributed by atoms with E-state index in [9.17, 15) is 9.59 Å². The molecule has 0 bridgehead atoms. The van der Waals surface area contributed by atoms with Gasteiger partial charge in [-0.05, 0) is 17.7 Å². The molecule has 2 aromatic rings. The second-order valence-electron chi connectivity index (χ2n) is 6.16. The predicted molar refractivity (Wildman–Crippen MR) is 95.9 cm³/mol. The van der Waals surface area contributed by atoms with E-state index in [0.717, 1.165) is 16.9 Å². The van der Waals surface area contributed by atoms with Crippen LogP contribution < -0.4 is 9.80 Å². The molecule has 0 saturated carbocycles. The number of nitrogens with zero attached hydrogens (tertiary/aromatic N) is 2. The molecular weight excluding hydrogens is 300 g/mol. The van der Waals surface area contributed by atoms with Gasteiger partial charge in [0.2, 0.25) is 11.8 Å². The number of hydrogen-bond donors (Lipinski definition) is 0. The van der Waals surface area contributed by atoms with E-state index in [-0.39, 0.29) is 17.7 Å². The van der Waals surface area contributed by atoms with E-state index in [1.165, 1.54) is 0 Å². The molecule has 0 spiro atoms. The molecule has 0 fully saturated rings. The topological polar surface area (TPSA) is 40.6 Å². The second kappa shape index (κ2) is 6.87. The molecule has 4 nitrogen and oxygen atoms in total. The summed E-state index contributed by atoms with van der Waals surface area (Å²) in [5.41, 5.74) is 2.69. The number of hydrogen-bond acceptors (Lipinski definition) is 2. The largest absolute Gasteiger partial charge is 0.310 e. The van der Waals surface area contributed by atoms with Crippen LogP contribution in [0.3, 0.4) is 0 Å². The smallest absolute Gasteiger partial charge is 0.231 e. The van der Waals surface area contributed by atoms with Gasteiger partial charge in [-0.1, -0.05) is 56.3 Å². The Morgan fingerprint density at radius 3 is 2.33 bits per heavy atom. The molecule has 24 heavy (non-hydrogen) atoms. The molecule has 2 aromatic carbocycles. The van der Waals surface area contributed by atoms with Crippen molar-refractivity contribution in [3.05, 3.63) is 60.2 Å². The number of fused-ring (bicyclic) bond motifs is 1. The van der Waals surface area contributed by atoms with Gasteiger partial charge in [0.1, 0.15) is 0 Å². The van der Waals surface area contributed by atoms with Crippen LogP contribution in [0.5, 0.6) is 0 Å². The zero-order valence-corrected chi connectivity index (χ0v) is 14.1. The van der Waals surface area contributed by atoms with Crippen LogP contribution in [0.15, 0.2) is 54.6 Å². The van der Waals surface area contributed by atoms with Crippen LogP contribution in [0.2, 0.25) is 0 Å². The molecule has 0 saturated heterocycles. The fraction of sp³-hybridized carbons (Fsp3) is 0.300. The standard InChI is InChI=1S/C20H22N2O2/c1-3-19(23)21-13-15(2)20(24)22(14-16-9-5-4-6-10-16)18-12-8-7-11-17(18)21/h4-12,15H,3,13-14H2,1-2H3. The fourth-order valence-corrected chi connectivity index (χ4v) is 3.11. The first-order valence-electron chi connectivity index (χ1n) is 8.36. The number of carbonyl (C=O) groups is 2. The highest BCUT2D eigenvalue weighted by Gasteiger charge is 2.33. The van der Waals surface area contributed by atoms with Crippen molar-refractivity contribution in [2.45, 2.75) is 26.8 Å². The maximum atomic E-state index is 13.0. The van der Waals surface area contributed by atoms with Gasteiger partial charge in [0, 0.05) is 13.0 Å². The lowest BCUT2D eigenvalue weighted by atomic mass is 10.1. The molecule has 124 valence electrons. The summed E-state index contributed by atoms with van der Waals surface area (Å²) in [5, 5.41) is 0. The van der Waals surface area contributed by atoms with Gasteiger partial charge in [0.25, 0.3) is 0 Å². The van der Waals surface area contributed by atoms with Gasteiger partial charge in [0.15, 0.2) is 0 Å². The first-order valence-corrected chi connectivity index (χ1v) is 8.36. The molecule has 0 N–H and O–H groups in total. The van der Waals surface area contributed by atoms with Crippen molar-refractivity contribution < 1.29 is 9.59 Å². The first kappa shape index (κ1) is 16.2. The van der Waals surface area contributed by atoms with Crippen molar-refractivity contribution >= 4 is 23.2 Å². The highest BCUT2D eigenvalue weighted by molar-refractivity contribution is 6.05. The average Bonchev–Trinajstić information content (AvgIpc) is 2.73. The number of benzene rings is 2. The Bertz CT molecular complexity index is 742. The normalized spacial score (nSPS) is 17.4. The van der Waals surface area contributed by atoms with E-state index in [0.29, 0.717) is 19.5 Å². The molecule has 2 amide bonds. The summed E-state index contributed by atoms with van der Waals surface area (Å²) < 4.78 is 0. The summed E-state index contributed by atoms with van der Waals surface area (Å²) in [5.74, 6) is -0.141. The number of para-hydroxylation sites is 2. The summed E-state index contributed by atoms with van der Waals surface area (Å²) in [7, 11) is 0. The lowest BCUT2D eigenvalue weighted by Crippen LogP contribution is -2.37. The quantitative estimate of drug-likeness (QED) is 0.866. The van der Waals surface area contributed by atoms with Crippen LogP contribution >= 0.6 is 0 Å². The zero-order valence-electron chi connectivity index (χ0n) is 14.1. The third-order valence-corrected chi connectivity index (χ3v) is 4.39. The Hall–Kier alpha value is -2.62. The monoisotopic (exact) mass is 322 g/mol. The van der Waals surface area contributed by atoms with E-state index in [1.807, 2.05) is 68.4 Å². The van der Waals surface area contributed by atoms with Crippen molar-refractivity contribution in [1.29, 1.82) is 0 Å². The van der Waals surface area contributed by atoms with Gasteiger partial charge < -0.3 is 9.80 Å². The van der Waals surface area contributed by atoms with Crippen molar-refractivity contribution in [1.82, 2.24) is 0 Å². The molecule has 0 aliphatic carbocycles. The summed E-state index contributed by atoms with van der Waals surface area (Å²) in [4.78, 5) is 28.9. The van der Waals surface area contributed by atoms with Crippen LogP contribution in [0, 0.1) is 5.92 Å². The Labute approximate surface area is 142 Å². The third-order valence-electron chi connectivity index (χ3n) is 4.39. The van der Waals surface area contributed by atoms with Crippen LogP contribution in [-0.2, 0) is 16.1 Å². The highest BCUT2D eigenvalue weighted by atomic mass is 16.2. The molecule has 1 aliphatic heterocycles. The van der Waals surface area contributed by atoms with E-state index in [1.54, 1.807) is 9.80 Å². The molecule has 1 atom stereocenters. The van der Waals surface area contributed by atoms with Crippen LogP contribution in [0.1, 0.15) is 25.8 Å². The number of rotatable bonds is 3. The maximum absolute atomic E-state index is 13.0. The SMILES string of the molecule is CCC(=O)N1CC(C)C(=O)N(Cc2ccccc2)c2ccccc21. The van der Waals surface area contributed by atoms with Crippen LogP contribution in [-0.4, -0.2) is 18.4 Å². The van der Waals surface area contributed by atoms with E-state index < -0.39 is 0 Å².